The van der Waals surface area contributed by atoms with Gasteiger partial charge in [-0.05, 0) is 36.3 Å². The molecule has 2 atom stereocenters. The van der Waals surface area contributed by atoms with Gasteiger partial charge in [-0.2, -0.15) is 0 Å². The van der Waals surface area contributed by atoms with Crippen LogP contribution in [0, 0.1) is 0 Å². The molecule has 0 aromatic heterocycles. The molecule has 1 fully saturated rings. The van der Waals surface area contributed by atoms with Crippen molar-refractivity contribution in [2.45, 2.75) is 31.4 Å². The molecule has 3 nitrogen and oxygen atoms in total. The van der Waals surface area contributed by atoms with E-state index in [-0.39, 0.29) is 6.04 Å². The van der Waals surface area contributed by atoms with E-state index in [2.05, 4.69) is 18.2 Å². The molecular weight excluding hydrogens is 250 g/mol. The van der Waals surface area contributed by atoms with Crippen LogP contribution in [0.3, 0.4) is 0 Å². The average molecular weight is 271 g/mol. The number of fused-ring (bicyclic) bond motifs is 1. The Bertz CT molecular complexity index is 591. The highest BCUT2D eigenvalue weighted by Gasteiger charge is 2.21. The predicted molar refractivity (Wildman–Crippen MR) is 81.0 cm³/mol. The number of ether oxygens (including phenoxy) is 2. The van der Waals surface area contributed by atoms with Crippen LogP contribution in [0.1, 0.15) is 30.9 Å². The summed E-state index contributed by atoms with van der Waals surface area (Å²) < 4.78 is 11.1. The predicted octanol–water partition coefficient (Wildman–Crippen LogP) is 3.42. The van der Waals surface area contributed by atoms with Crippen LogP contribution in [0.2, 0.25) is 0 Å². The third-order valence-corrected chi connectivity index (χ3v) is 4.08. The highest BCUT2D eigenvalue weighted by atomic mass is 16.5. The van der Waals surface area contributed by atoms with Crippen molar-refractivity contribution in [3.8, 4) is 5.75 Å². The third-order valence-electron chi connectivity index (χ3n) is 4.08. The maximum Gasteiger partial charge on any atom is 0.126 e. The molecule has 0 aliphatic carbocycles. The Labute approximate surface area is 119 Å². The second kappa shape index (κ2) is 5.81. The average Bonchev–Trinajstić information content (AvgIpc) is 2.99. The molecular formula is C17H21NO2. The first-order valence-corrected chi connectivity index (χ1v) is 7.22. The van der Waals surface area contributed by atoms with E-state index < -0.39 is 0 Å². The molecule has 1 aliphatic heterocycles. The summed E-state index contributed by atoms with van der Waals surface area (Å²) in [5, 5.41) is 2.30. The van der Waals surface area contributed by atoms with E-state index in [1.165, 1.54) is 10.9 Å². The summed E-state index contributed by atoms with van der Waals surface area (Å²) in [6, 6.07) is 12.4. The summed E-state index contributed by atoms with van der Waals surface area (Å²) in [6.45, 7) is 0.876. The van der Waals surface area contributed by atoms with Crippen molar-refractivity contribution in [1.82, 2.24) is 0 Å². The van der Waals surface area contributed by atoms with Crippen molar-refractivity contribution in [2.75, 3.05) is 13.7 Å². The van der Waals surface area contributed by atoms with Gasteiger partial charge in [-0.3, -0.25) is 0 Å². The number of benzene rings is 2. The molecule has 3 heteroatoms. The lowest BCUT2D eigenvalue weighted by Gasteiger charge is -2.19. The molecule has 0 amide bonds. The van der Waals surface area contributed by atoms with Crippen molar-refractivity contribution >= 4 is 10.8 Å². The highest BCUT2D eigenvalue weighted by Crippen LogP contribution is 2.33. The van der Waals surface area contributed by atoms with E-state index >= 15 is 0 Å². The van der Waals surface area contributed by atoms with Gasteiger partial charge in [-0.15, -0.1) is 0 Å². The summed E-state index contributed by atoms with van der Waals surface area (Å²) in [6.07, 6.45) is 3.48. The van der Waals surface area contributed by atoms with Crippen molar-refractivity contribution in [3.63, 3.8) is 0 Å². The monoisotopic (exact) mass is 271 g/mol. The SMILES string of the molecule is COc1ccc(C(N)CC2CCCO2)c2ccccc12. The molecule has 2 unspecified atom stereocenters. The molecule has 106 valence electrons. The molecule has 0 spiro atoms. The zero-order valence-corrected chi connectivity index (χ0v) is 11.8. The molecule has 2 aromatic carbocycles. The van der Waals surface area contributed by atoms with Crippen molar-refractivity contribution in [3.05, 3.63) is 42.0 Å². The topological polar surface area (TPSA) is 44.5 Å². The quantitative estimate of drug-likeness (QED) is 0.926. The Morgan fingerprint density at radius 1 is 1.25 bits per heavy atom. The minimum absolute atomic E-state index is 0.00825. The van der Waals surface area contributed by atoms with Crippen LogP contribution in [-0.4, -0.2) is 19.8 Å². The van der Waals surface area contributed by atoms with Crippen molar-refractivity contribution < 1.29 is 9.47 Å². The molecule has 3 rings (SSSR count). The number of rotatable bonds is 4. The van der Waals surface area contributed by atoms with E-state index in [9.17, 15) is 0 Å². The summed E-state index contributed by atoms with van der Waals surface area (Å²) >= 11 is 0. The standard InChI is InChI=1S/C17H21NO2/c1-19-17-9-8-14(13-6-2-3-7-15(13)17)16(18)11-12-5-4-10-20-12/h2-3,6-9,12,16H,4-5,10-11,18H2,1H3. The van der Waals surface area contributed by atoms with Gasteiger partial charge in [0.05, 0.1) is 13.2 Å². The number of hydrogen-bond donors (Lipinski definition) is 1. The summed E-state index contributed by atoms with van der Waals surface area (Å²) in [4.78, 5) is 0. The third kappa shape index (κ3) is 2.51. The Balaban J connectivity index is 1.94. The maximum atomic E-state index is 6.41. The van der Waals surface area contributed by atoms with Gasteiger partial charge in [0.25, 0.3) is 0 Å². The Kier molecular flexibility index (Phi) is 3.90. The minimum atomic E-state index is 0.00825. The summed E-state index contributed by atoms with van der Waals surface area (Å²) in [5.74, 6) is 0.897. The van der Waals surface area contributed by atoms with Gasteiger partial charge in [-0.1, -0.05) is 30.3 Å². The van der Waals surface area contributed by atoms with Gasteiger partial charge >= 0.3 is 0 Å². The molecule has 1 saturated heterocycles. The minimum Gasteiger partial charge on any atom is -0.496 e. The lowest BCUT2D eigenvalue weighted by Crippen LogP contribution is -2.18. The molecule has 0 bridgehead atoms. The molecule has 2 N–H and O–H groups in total. The molecule has 2 aromatic rings. The van der Waals surface area contributed by atoms with Crippen molar-refractivity contribution in [1.29, 1.82) is 0 Å². The zero-order valence-electron chi connectivity index (χ0n) is 11.8. The van der Waals surface area contributed by atoms with E-state index in [0.29, 0.717) is 6.10 Å². The van der Waals surface area contributed by atoms with E-state index in [0.717, 1.165) is 37.0 Å². The highest BCUT2D eigenvalue weighted by molar-refractivity contribution is 5.91. The van der Waals surface area contributed by atoms with Crippen molar-refractivity contribution in [2.24, 2.45) is 5.73 Å². The first-order valence-electron chi connectivity index (χ1n) is 7.22. The molecule has 20 heavy (non-hydrogen) atoms. The van der Waals surface area contributed by atoms with Crippen LogP contribution in [0.4, 0.5) is 0 Å². The van der Waals surface area contributed by atoms with Crippen LogP contribution in [0.15, 0.2) is 36.4 Å². The molecule has 0 radical (unpaired) electrons. The van der Waals surface area contributed by atoms with Crippen LogP contribution in [0.25, 0.3) is 10.8 Å². The van der Waals surface area contributed by atoms with Crippen LogP contribution < -0.4 is 10.5 Å². The fraction of sp³-hybridized carbons (Fsp3) is 0.412. The normalized spacial score (nSPS) is 20.2. The summed E-state index contributed by atoms with van der Waals surface area (Å²) in [7, 11) is 1.70. The first-order chi connectivity index (χ1) is 9.79. The van der Waals surface area contributed by atoms with Gasteiger partial charge in [-0.25, -0.2) is 0 Å². The van der Waals surface area contributed by atoms with E-state index in [4.69, 9.17) is 15.2 Å². The van der Waals surface area contributed by atoms with Gasteiger partial charge < -0.3 is 15.2 Å². The molecule has 0 saturated carbocycles. The van der Waals surface area contributed by atoms with Gasteiger partial charge in [0.2, 0.25) is 0 Å². The van der Waals surface area contributed by atoms with Crippen LogP contribution in [0.5, 0.6) is 5.75 Å². The van der Waals surface area contributed by atoms with Gasteiger partial charge in [0.15, 0.2) is 0 Å². The number of methoxy groups -OCH3 is 1. The zero-order chi connectivity index (χ0) is 13.9. The fourth-order valence-corrected chi connectivity index (χ4v) is 3.04. The second-order valence-electron chi connectivity index (χ2n) is 5.38. The first kappa shape index (κ1) is 13.4. The van der Waals surface area contributed by atoms with Gasteiger partial charge in [0, 0.05) is 18.0 Å². The lowest BCUT2D eigenvalue weighted by atomic mass is 9.94. The smallest absolute Gasteiger partial charge is 0.126 e. The number of hydrogen-bond acceptors (Lipinski definition) is 3. The Hall–Kier alpha value is -1.58. The molecule has 1 aliphatic rings. The molecule has 1 heterocycles. The summed E-state index contributed by atoms with van der Waals surface area (Å²) in [5.41, 5.74) is 7.59. The largest absolute Gasteiger partial charge is 0.496 e. The Morgan fingerprint density at radius 2 is 2.05 bits per heavy atom. The van der Waals surface area contributed by atoms with Crippen LogP contribution >= 0.6 is 0 Å². The number of nitrogens with two attached hydrogens (primary N) is 1. The van der Waals surface area contributed by atoms with E-state index in [1.54, 1.807) is 7.11 Å². The van der Waals surface area contributed by atoms with Crippen LogP contribution in [-0.2, 0) is 4.74 Å². The second-order valence-corrected chi connectivity index (χ2v) is 5.38. The maximum absolute atomic E-state index is 6.41. The Morgan fingerprint density at radius 3 is 2.75 bits per heavy atom. The van der Waals surface area contributed by atoms with Gasteiger partial charge in [0.1, 0.15) is 5.75 Å². The van der Waals surface area contributed by atoms with E-state index in [1.807, 2.05) is 18.2 Å². The fourth-order valence-electron chi connectivity index (χ4n) is 3.04. The lowest BCUT2D eigenvalue weighted by molar-refractivity contribution is 0.0984.